The van der Waals surface area contributed by atoms with Crippen LogP contribution in [0.2, 0.25) is 5.02 Å². The van der Waals surface area contributed by atoms with Crippen molar-refractivity contribution in [1.82, 2.24) is 4.31 Å². The SMILES string of the molecule is CCN(CC1CCCO1)S(=O)(=O)c1ccc(CO)c(Cl)c1. The van der Waals surface area contributed by atoms with E-state index in [0.29, 0.717) is 25.3 Å². The van der Waals surface area contributed by atoms with Gasteiger partial charge < -0.3 is 9.84 Å². The number of likely N-dealkylation sites (N-methyl/N-ethyl adjacent to an activating group) is 1. The van der Waals surface area contributed by atoms with Gasteiger partial charge in [0.1, 0.15) is 0 Å². The summed E-state index contributed by atoms with van der Waals surface area (Å²) in [7, 11) is -3.60. The van der Waals surface area contributed by atoms with Crippen LogP contribution in [0.15, 0.2) is 23.1 Å². The van der Waals surface area contributed by atoms with Gasteiger partial charge in [-0.3, -0.25) is 0 Å². The fourth-order valence-electron chi connectivity index (χ4n) is 2.38. The Morgan fingerprint density at radius 3 is 2.76 bits per heavy atom. The summed E-state index contributed by atoms with van der Waals surface area (Å²) in [6.07, 6.45) is 1.82. The van der Waals surface area contributed by atoms with E-state index in [-0.39, 0.29) is 22.6 Å². The van der Waals surface area contributed by atoms with Crippen LogP contribution >= 0.6 is 11.6 Å². The van der Waals surface area contributed by atoms with Crippen molar-refractivity contribution < 1.29 is 18.3 Å². The molecule has 1 fully saturated rings. The van der Waals surface area contributed by atoms with Crippen LogP contribution in [0.1, 0.15) is 25.3 Å². The first kappa shape index (κ1) is 16.7. The molecule has 1 aromatic carbocycles. The molecule has 0 aromatic heterocycles. The molecule has 1 aliphatic rings. The molecule has 1 N–H and O–H groups in total. The van der Waals surface area contributed by atoms with Crippen LogP contribution in [-0.4, -0.2) is 43.6 Å². The molecule has 1 aliphatic heterocycles. The van der Waals surface area contributed by atoms with Gasteiger partial charge in [-0.15, -0.1) is 0 Å². The van der Waals surface area contributed by atoms with Crippen LogP contribution in [0.25, 0.3) is 0 Å². The van der Waals surface area contributed by atoms with E-state index < -0.39 is 10.0 Å². The largest absolute Gasteiger partial charge is 0.392 e. The van der Waals surface area contributed by atoms with Gasteiger partial charge in [0.25, 0.3) is 0 Å². The van der Waals surface area contributed by atoms with Crippen molar-refractivity contribution in [2.24, 2.45) is 0 Å². The molecular weight excluding hydrogens is 314 g/mol. The summed E-state index contributed by atoms with van der Waals surface area (Å²) in [4.78, 5) is 0.143. The van der Waals surface area contributed by atoms with E-state index in [1.165, 1.54) is 22.5 Å². The van der Waals surface area contributed by atoms with Crippen LogP contribution in [0.5, 0.6) is 0 Å². The zero-order chi connectivity index (χ0) is 15.5. The smallest absolute Gasteiger partial charge is 0.243 e. The van der Waals surface area contributed by atoms with Crippen molar-refractivity contribution >= 4 is 21.6 Å². The lowest BCUT2D eigenvalue weighted by Gasteiger charge is -2.23. The molecule has 1 saturated heterocycles. The Morgan fingerprint density at radius 1 is 1.48 bits per heavy atom. The Morgan fingerprint density at radius 2 is 2.24 bits per heavy atom. The summed E-state index contributed by atoms with van der Waals surface area (Å²) in [5.74, 6) is 0. The topological polar surface area (TPSA) is 66.8 Å². The Bertz CT molecular complexity index is 585. The number of rotatable bonds is 6. The van der Waals surface area contributed by atoms with Gasteiger partial charge in [-0.05, 0) is 30.5 Å². The Labute approximate surface area is 130 Å². The predicted molar refractivity (Wildman–Crippen MR) is 80.8 cm³/mol. The highest BCUT2D eigenvalue weighted by molar-refractivity contribution is 7.89. The van der Waals surface area contributed by atoms with E-state index in [0.717, 1.165) is 12.8 Å². The van der Waals surface area contributed by atoms with Crippen molar-refractivity contribution in [2.45, 2.75) is 37.4 Å². The molecule has 0 amide bonds. The maximum Gasteiger partial charge on any atom is 0.243 e. The van der Waals surface area contributed by atoms with E-state index in [1.807, 2.05) is 0 Å². The number of aliphatic hydroxyl groups is 1. The van der Waals surface area contributed by atoms with Gasteiger partial charge in [0.05, 0.1) is 17.6 Å². The van der Waals surface area contributed by atoms with Crippen molar-refractivity contribution in [3.8, 4) is 0 Å². The summed E-state index contributed by atoms with van der Waals surface area (Å²) < 4.78 is 32.2. The van der Waals surface area contributed by atoms with E-state index in [1.54, 1.807) is 6.92 Å². The van der Waals surface area contributed by atoms with Crippen molar-refractivity contribution in [3.63, 3.8) is 0 Å². The summed E-state index contributed by atoms with van der Waals surface area (Å²) >= 11 is 5.99. The Balaban J connectivity index is 2.23. The molecule has 1 aromatic rings. The van der Waals surface area contributed by atoms with Gasteiger partial charge in [0, 0.05) is 24.7 Å². The summed E-state index contributed by atoms with van der Waals surface area (Å²) in [6, 6.07) is 4.40. The highest BCUT2D eigenvalue weighted by Crippen LogP contribution is 2.24. The van der Waals surface area contributed by atoms with E-state index >= 15 is 0 Å². The molecule has 21 heavy (non-hydrogen) atoms. The molecule has 118 valence electrons. The molecule has 0 aliphatic carbocycles. The number of ether oxygens (including phenoxy) is 1. The monoisotopic (exact) mass is 333 g/mol. The summed E-state index contributed by atoms with van der Waals surface area (Å²) in [5, 5.41) is 9.35. The van der Waals surface area contributed by atoms with Gasteiger partial charge >= 0.3 is 0 Å². The molecule has 1 atom stereocenters. The zero-order valence-corrected chi connectivity index (χ0v) is 13.5. The maximum atomic E-state index is 12.7. The van der Waals surface area contributed by atoms with Gasteiger partial charge in [0.15, 0.2) is 0 Å². The lowest BCUT2D eigenvalue weighted by molar-refractivity contribution is 0.0947. The van der Waals surface area contributed by atoms with Gasteiger partial charge in [-0.2, -0.15) is 4.31 Å². The van der Waals surface area contributed by atoms with Crippen LogP contribution in [0, 0.1) is 0 Å². The van der Waals surface area contributed by atoms with E-state index in [2.05, 4.69) is 0 Å². The van der Waals surface area contributed by atoms with Crippen LogP contribution in [-0.2, 0) is 21.4 Å². The molecule has 0 saturated carbocycles. The molecule has 5 nitrogen and oxygen atoms in total. The molecule has 0 radical (unpaired) electrons. The standard InChI is InChI=1S/C14H20ClNO4S/c1-2-16(9-12-4-3-7-20-12)21(18,19)13-6-5-11(10-17)14(15)8-13/h5-6,8,12,17H,2-4,7,9-10H2,1H3. The molecule has 2 rings (SSSR count). The summed E-state index contributed by atoms with van der Waals surface area (Å²) in [5.41, 5.74) is 0.512. The second kappa shape index (κ2) is 7.07. The molecule has 1 heterocycles. The number of nitrogens with zero attached hydrogens (tertiary/aromatic N) is 1. The van der Waals surface area contributed by atoms with E-state index in [9.17, 15) is 8.42 Å². The fourth-order valence-corrected chi connectivity index (χ4v) is 4.19. The fraction of sp³-hybridized carbons (Fsp3) is 0.571. The highest BCUT2D eigenvalue weighted by Gasteiger charge is 2.28. The predicted octanol–water partition coefficient (Wildman–Crippen LogP) is 2.02. The minimum atomic E-state index is -3.60. The average Bonchev–Trinajstić information content (AvgIpc) is 2.97. The number of benzene rings is 1. The minimum absolute atomic E-state index is 0.0353. The Kier molecular flexibility index (Phi) is 5.62. The minimum Gasteiger partial charge on any atom is -0.392 e. The highest BCUT2D eigenvalue weighted by atomic mass is 35.5. The van der Waals surface area contributed by atoms with Gasteiger partial charge in [-0.25, -0.2) is 8.42 Å². The number of aliphatic hydroxyl groups excluding tert-OH is 1. The molecular formula is C14H20ClNO4S. The second-order valence-corrected chi connectivity index (χ2v) is 7.35. The van der Waals surface area contributed by atoms with Crippen LogP contribution in [0.3, 0.4) is 0 Å². The summed E-state index contributed by atoms with van der Waals surface area (Å²) in [6.45, 7) is 3.02. The molecule has 7 heteroatoms. The van der Waals surface area contributed by atoms with Gasteiger partial charge in [0.2, 0.25) is 10.0 Å². The van der Waals surface area contributed by atoms with Crippen molar-refractivity contribution in [1.29, 1.82) is 0 Å². The first-order valence-electron chi connectivity index (χ1n) is 7.00. The average molecular weight is 334 g/mol. The van der Waals surface area contributed by atoms with Crippen LogP contribution < -0.4 is 0 Å². The Hall–Kier alpha value is -0.660. The first-order chi connectivity index (χ1) is 9.98. The van der Waals surface area contributed by atoms with E-state index in [4.69, 9.17) is 21.4 Å². The molecule has 0 bridgehead atoms. The lowest BCUT2D eigenvalue weighted by atomic mass is 10.2. The maximum absolute atomic E-state index is 12.7. The number of halogens is 1. The quantitative estimate of drug-likeness (QED) is 0.865. The normalized spacial score (nSPS) is 19.3. The zero-order valence-electron chi connectivity index (χ0n) is 12.0. The van der Waals surface area contributed by atoms with Crippen LogP contribution in [0.4, 0.5) is 0 Å². The number of hydrogen-bond acceptors (Lipinski definition) is 4. The number of sulfonamides is 1. The molecule has 0 spiro atoms. The van der Waals surface area contributed by atoms with Crippen molar-refractivity contribution in [3.05, 3.63) is 28.8 Å². The van der Waals surface area contributed by atoms with Crippen molar-refractivity contribution in [2.75, 3.05) is 19.7 Å². The lowest BCUT2D eigenvalue weighted by Crippen LogP contribution is -2.37. The third-order valence-corrected chi connectivity index (χ3v) is 5.91. The number of hydrogen-bond donors (Lipinski definition) is 1. The van der Waals surface area contributed by atoms with Gasteiger partial charge in [-0.1, -0.05) is 24.6 Å². The molecule has 1 unspecified atom stereocenters. The third-order valence-electron chi connectivity index (χ3n) is 3.62. The third kappa shape index (κ3) is 3.76. The second-order valence-electron chi connectivity index (χ2n) is 5.00. The first-order valence-corrected chi connectivity index (χ1v) is 8.82.